The summed E-state index contributed by atoms with van der Waals surface area (Å²) in [7, 11) is 4.15. The Kier molecular flexibility index (Phi) is 2.30. The molecular formula is C12H18BN. The van der Waals surface area contributed by atoms with Crippen molar-refractivity contribution in [2.24, 2.45) is 5.41 Å². The molecule has 74 valence electrons. The molecule has 0 heterocycles. The summed E-state index contributed by atoms with van der Waals surface area (Å²) in [5, 5.41) is 3.20. The minimum absolute atomic E-state index is 0.619. The van der Waals surface area contributed by atoms with Crippen LogP contribution in [0.15, 0.2) is 18.2 Å². The van der Waals surface area contributed by atoms with Gasteiger partial charge in [-0.25, -0.2) is 0 Å². The fourth-order valence-corrected chi connectivity index (χ4v) is 2.00. The molecule has 1 nitrogen and oxygen atoms in total. The van der Waals surface area contributed by atoms with Crippen molar-refractivity contribution in [1.29, 1.82) is 0 Å². The molecule has 1 aromatic rings. The van der Waals surface area contributed by atoms with E-state index in [1.54, 1.807) is 0 Å². The Morgan fingerprint density at radius 2 is 2.14 bits per heavy atom. The first-order chi connectivity index (χ1) is 6.63. The average molecular weight is 187 g/mol. The first kappa shape index (κ1) is 9.63. The Hall–Kier alpha value is -0.915. The van der Waals surface area contributed by atoms with Gasteiger partial charge in [-0.15, -0.1) is 0 Å². The van der Waals surface area contributed by atoms with E-state index in [0.717, 1.165) is 0 Å². The van der Waals surface area contributed by atoms with Crippen LogP contribution in [-0.4, -0.2) is 14.9 Å². The molecule has 1 fully saturated rings. The van der Waals surface area contributed by atoms with E-state index in [1.807, 2.05) is 7.05 Å². The molecule has 0 aliphatic heterocycles. The van der Waals surface area contributed by atoms with Crippen LogP contribution in [0.3, 0.4) is 0 Å². The van der Waals surface area contributed by atoms with Crippen LogP contribution in [0.2, 0.25) is 0 Å². The van der Waals surface area contributed by atoms with Crippen LogP contribution in [0.5, 0.6) is 0 Å². The summed E-state index contributed by atoms with van der Waals surface area (Å²) in [4.78, 5) is 0. The molecule has 1 aromatic carbocycles. The van der Waals surface area contributed by atoms with Gasteiger partial charge in [0.2, 0.25) is 0 Å². The lowest BCUT2D eigenvalue weighted by Crippen LogP contribution is -2.11. The minimum Gasteiger partial charge on any atom is -0.389 e. The Labute approximate surface area is 87.3 Å². The number of hydrogen-bond donors (Lipinski definition) is 1. The van der Waals surface area contributed by atoms with E-state index >= 15 is 0 Å². The van der Waals surface area contributed by atoms with Crippen molar-refractivity contribution in [3.8, 4) is 0 Å². The first-order valence-electron chi connectivity index (χ1n) is 5.40. The predicted octanol–water partition coefficient (Wildman–Crippen LogP) is 1.33. The summed E-state index contributed by atoms with van der Waals surface area (Å²) >= 11 is 0. The topological polar surface area (TPSA) is 12.0 Å². The summed E-state index contributed by atoms with van der Waals surface area (Å²) in [5.41, 5.74) is 4.71. The monoisotopic (exact) mass is 187 g/mol. The molecule has 2 heteroatoms. The maximum absolute atomic E-state index is 3.20. The highest BCUT2D eigenvalue weighted by Crippen LogP contribution is 2.47. The van der Waals surface area contributed by atoms with Crippen LogP contribution >= 0.6 is 0 Å². The van der Waals surface area contributed by atoms with E-state index in [4.69, 9.17) is 0 Å². The largest absolute Gasteiger partial charge is 0.389 e. The lowest BCUT2D eigenvalue weighted by molar-refractivity contribution is 0.570. The Balaban J connectivity index is 2.15. The molecule has 2 rings (SSSR count). The molecule has 0 amide bonds. The van der Waals surface area contributed by atoms with Gasteiger partial charge in [-0.2, -0.15) is 0 Å². The van der Waals surface area contributed by atoms with Gasteiger partial charge in [0.05, 0.1) is 0 Å². The molecule has 1 saturated carbocycles. The van der Waals surface area contributed by atoms with Crippen molar-refractivity contribution >= 4 is 19.0 Å². The molecule has 1 N–H and O–H groups in total. The van der Waals surface area contributed by atoms with E-state index in [9.17, 15) is 0 Å². The Morgan fingerprint density at radius 3 is 2.64 bits per heavy atom. The van der Waals surface area contributed by atoms with Crippen LogP contribution in [0.4, 0.5) is 5.69 Å². The second-order valence-electron chi connectivity index (χ2n) is 4.89. The van der Waals surface area contributed by atoms with Gasteiger partial charge in [-0.3, -0.25) is 0 Å². The molecule has 0 aromatic heterocycles. The lowest BCUT2D eigenvalue weighted by atomic mass is 9.89. The molecule has 0 spiro atoms. The van der Waals surface area contributed by atoms with Gasteiger partial charge in [0.25, 0.3) is 0 Å². The van der Waals surface area contributed by atoms with Gasteiger partial charge in [0, 0.05) is 12.7 Å². The maximum atomic E-state index is 3.20. The van der Waals surface area contributed by atoms with Crippen molar-refractivity contribution in [2.45, 2.75) is 26.2 Å². The van der Waals surface area contributed by atoms with Crippen molar-refractivity contribution in [3.63, 3.8) is 0 Å². The smallest absolute Gasteiger partial charge is 0.142 e. The average Bonchev–Trinajstić information content (AvgIpc) is 2.84. The SMILES string of the molecule is Bc1cc(CC2(C)CC2)ccc1NC. The van der Waals surface area contributed by atoms with Crippen LogP contribution in [0, 0.1) is 5.41 Å². The van der Waals surface area contributed by atoms with Gasteiger partial charge in [0.15, 0.2) is 0 Å². The third-order valence-corrected chi connectivity index (χ3v) is 3.29. The zero-order valence-corrected chi connectivity index (χ0v) is 9.35. The standard InChI is InChI=1S/C12H18BN/c1-12(5-6-12)8-9-3-4-11(14-2)10(13)7-9/h3-4,7,14H,5-6,8,13H2,1-2H3. The zero-order chi connectivity index (χ0) is 10.2. The molecule has 1 aliphatic carbocycles. The van der Waals surface area contributed by atoms with Gasteiger partial charge in [0.1, 0.15) is 7.85 Å². The van der Waals surface area contributed by atoms with E-state index in [1.165, 1.54) is 36.0 Å². The lowest BCUT2D eigenvalue weighted by Gasteiger charge is -2.11. The minimum atomic E-state index is 0.619. The van der Waals surface area contributed by atoms with E-state index in [-0.39, 0.29) is 0 Å². The van der Waals surface area contributed by atoms with Gasteiger partial charge >= 0.3 is 0 Å². The first-order valence-corrected chi connectivity index (χ1v) is 5.40. The second-order valence-corrected chi connectivity index (χ2v) is 4.89. The molecular weight excluding hydrogens is 169 g/mol. The fraction of sp³-hybridized carbons (Fsp3) is 0.500. The normalized spacial score (nSPS) is 17.9. The third kappa shape index (κ3) is 1.94. The van der Waals surface area contributed by atoms with Gasteiger partial charge in [-0.1, -0.05) is 24.5 Å². The van der Waals surface area contributed by atoms with Crippen LogP contribution in [0.1, 0.15) is 25.3 Å². The van der Waals surface area contributed by atoms with Crippen molar-refractivity contribution in [2.75, 3.05) is 12.4 Å². The number of hydrogen-bond acceptors (Lipinski definition) is 1. The van der Waals surface area contributed by atoms with Crippen LogP contribution in [0.25, 0.3) is 0 Å². The van der Waals surface area contributed by atoms with E-state index in [0.29, 0.717) is 5.41 Å². The van der Waals surface area contributed by atoms with Crippen LogP contribution in [-0.2, 0) is 6.42 Å². The van der Waals surface area contributed by atoms with Crippen molar-refractivity contribution in [1.82, 2.24) is 0 Å². The second kappa shape index (κ2) is 3.34. The maximum Gasteiger partial charge on any atom is 0.142 e. The summed E-state index contributed by atoms with van der Waals surface area (Å²) < 4.78 is 0. The van der Waals surface area contributed by atoms with Gasteiger partial charge < -0.3 is 5.32 Å². The number of benzene rings is 1. The molecule has 0 saturated heterocycles. The molecule has 14 heavy (non-hydrogen) atoms. The number of anilines is 1. The Bertz CT molecular complexity index is 342. The molecule has 0 atom stereocenters. The number of rotatable bonds is 3. The molecule has 0 radical (unpaired) electrons. The summed E-state index contributed by atoms with van der Waals surface area (Å²) in [6.45, 7) is 2.38. The predicted molar refractivity (Wildman–Crippen MR) is 65.2 cm³/mol. The molecule has 0 bridgehead atoms. The summed E-state index contributed by atoms with van der Waals surface area (Å²) in [6.07, 6.45) is 4.05. The zero-order valence-electron chi connectivity index (χ0n) is 9.35. The van der Waals surface area contributed by atoms with Gasteiger partial charge in [-0.05, 0) is 36.3 Å². The van der Waals surface area contributed by atoms with E-state index in [2.05, 4.69) is 38.3 Å². The highest BCUT2D eigenvalue weighted by atomic mass is 14.8. The quantitative estimate of drug-likeness (QED) is 0.704. The Morgan fingerprint density at radius 1 is 1.43 bits per heavy atom. The summed E-state index contributed by atoms with van der Waals surface area (Å²) in [5.74, 6) is 0. The molecule has 1 aliphatic rings. The summed E-state index contributed by atoms with van der Waals surface area (Å²) in [6, 6.07) is 6.76. The van der Waals surface area contributed by atoms with Crippen LogP contribution < -0.4 is 10.8 Å². The fourth-order valence-electron chi connectivity index (χ4n) is 2.00. The highest BCUT2D eigenvalue weighted by molar-refractivity contribution is 6.35. The van der Waals surface area contributed by atoms with Crippen molar-refractivity contribution in [3.05, 3.63) is 23.8 Å². The number of nitrogens with one attached hydrogen (secondary N) is 1. The third-order valence-electron chi connectivity index (χ3n) is 3.29. The van der Waals surface area contributed by atoms with E-state index < -0.39 is 0 Å². The molecule has 0 unspecified atom stereocenters. The highest BCUT2D eigenvalue weighted by Gasteiger charge is 2.36. The van der Waals surface area contributed by atoms with Crippen molar-refractivity contribution < 1.29 is 0 Å².